The highest BCUT2D eigenvalue weighted by Gasteiger charge is 2.25. The van der Waals surface area contributed by atoms with Crippen LogP contribution in [0, 0.1) is 0 Å². The van der Waals surface area contributed by atoms with Crippen LogP contribution in [-0.4, -0.2) is 47.7 Å². The molecule has 1 aromatic rings. The largest absolute Gasteiger partial charge is 0.372 e. The monoisotopic (exact) mass is 310 g/mol. The molecule has 118 valence electrons. The maximum absolute atomic E-state index is 6.06. The van der Waals surface area contributed by atoms with Crippen LogP contribution in [0.5, 0.6) is 0 Å². The van der Waals surface area contributed by atoms with Crippen LogP contribution in [0.3, 0.4) is 0 Å². The van der Waals surface area contributed by atoms with E-state index in [1.807, 2.05) is 18.6 Å². The van der Waals surface area contributed by atoms with Gasteiger partial charge in [0.05, 0.1) is 18.2 Å². The van der Waals surface area contributed by atoms with E-state index < -0.39 is 0 Å². The number of hydrogen-bond acceptors (Lipinski definition) is 4. The number of thiazole rings is 1. The lowest BCUT2D eigenvalue weighted by Crippen LogP contribution is -2.47. The van der Waals surface area contributed by atoms with Crippen molar-refractivity contribution in [2.24, 2.45) is 4.99 Å². The average Bonchev–Trinajstić information content (AvgIpc) is 2.92. The Hall–Kier alpha value is -1.14. The summed E-state index contributed by atoms with van der Waals surface area (Å²) < 4.78 is 6.06. The number of nitrogens with zero attached hydrogens (tertiary/aromatic N) is 3. The first-order valence-electron chi connectivity index (χ1n) is 7.50. The van der Waals surface area contributed by atoms with E-state index in [2.05, 4.69) is 41.0 Å². The summed E-state index contributed by atoms with van der Waals surface area (Å²) in [5.74, 6) is 0.958. The zero-order chi connectivity index (χ0) is 15.3. The lowest BCUT2D eigenvalue weighted by atomic mass is 10.1. The number of likely N-dealkylation sites (tertiary alicyclic amines) is 1. The molecule has 0 spiro atoms. The zero-order valence-corrected chi connectivity index (χ0v) is 14.2. The van der Waals surface area contributed by atoms with Crippen LogP contribution in [0.15, 0.2) is 16.6 Å². The van der Waals surface area contributed by atoms with Gasteiger partial charge in [-0.1, -0.05) is 0 Å². The van der Waals surface area contributed by atoms with Crippen LogP contribution in [0.25, 0.3) is 0 Å². The molecule has 0 amide bonds. The summed E-state index contributed by atoms with van der Waals surface area (Å²) in [6, 6.07) is 0. The summed E-state index contributed by atoms with van der Waals surface area (Å²) in [6.07, 6.45) is 4.29. The van der Waals surface area contributed by atoms with E-state index in [0.29, 0.717) is 6.10 Å². The minimum absolute atomic E-state index is 0.0579. The first kappa shape index (κ1) is 16.2. The molecule has 1 fully saturated rings. The van der Waals surface area contributed by atoms with Crippen LogP contribution in [0.1, 0.15) is 38.6 Å². The molecular weight excluding hydrogens is 284 g/mol. The summed E-state index contributed by atoms with van der Waals surface area (Å²) in [6.45, 7) is 9.06. The van der Waals surface area contributed by atoms with Gasteiger partial charge in [0.25, 0.3) is 0 Å². The van der Waals surface area contributed by atoms with Gasteiger partial charge in [-0.25, -0.2) is 4.98 Å². The normalized spacial score (nSPS) is 18.1. The number of nitrogens with one attached hydrogen (secondary N) is 1. The van der Waals surface area contributed by atoms with E-state index in [0.717, 1.165) is 43.4 Å². The summed E-state index contributed by atoms with van der Waals surface area (Å²) in [4.78, 5) is 11.0. The van der Waals surface area contributed by atoms with Crippen LogP contribution in [0.2, 0.25) is 0 Å². The van der Waals surface area contributed by atoms with E-state index >= 15 is 0 Å². The quantitative estimate of drug-likeness (QED) is 0.688. The van der Waals surface area contributed by atoms with E-state index in [1.54, 1.807) is 11.3 Å². The van der Waals surface area contributed by atoms with Crippen LogP contribution >= 0.6 is 11.3 Å². The Morgan fingerprint density at radius 2 is 2.19 bits per heavy atom. The molecule has 2 heterocycles. The molecule has 1 aliphatic rings. The first-order chi connectivity index (χ1) is 9.98. The second-order valence-electron chi connectivity index (χ2n) is 6.24. The molecule has 0 aliphatic carbocycles. The highest BCUT2D eigenvalue weighted by Crippen LogP contribution is 2.20. The zero-order valence-electron chi connectivity index (χ0n) is 13.4. The van der Waals surface area contributed by atoms with Gasteiger partial charge in [0.2, 0.25) is 0 Å². The van der Waals surface area contributed by atoms with Crippen LogP contribution < -0.4 is 5.32 Å². The number of ether oxygens (including phenoxy) is 1. The molecule has 0 saturated carbocycles. The Bertz CT molecular complexity index is 445. The Labute approximate surface area is 131 Å². The van der Waals surface area contributed by atoms with Gasteiger partial charge in [-0.15, -0.1) is 11.3 Å². The molecule has 1 aliphatic heterocycles. The SMILES string of the molecule is CN=C(NCc1nccs1)N1CCC(OC(C)(C)C)CC1. The smallest absolute Gasteiger partial charge is 0.193 e. The van der Waals surface area contributed by atoms with Gasteiger partial charge in [-0.3, -0.25) is 4.99 Å². The summed E-state index contributed by atoms with van der Waals surface area (Å²) in [5, 5.41) is 6.47. The Kier molecular flexibility index (Phi) is 5.58. The van der Waals surface area contributed by atoms with Crippen molar-refractivity contribution in [3.8, 4) is 0 Å². The third-order valence-corrected chi connectivity index (χ3v) is 4.13. The van der Waals surface area contributed by atoms with Gasteiger partial charge in [0, 0.05) is 31.7 Å². The molecule has 0 unspecified atom stereocenters. The van der Waals surface area contributed by atoms with Crippen molar-refractivity contribution < 1.29 is 4.74 Å². The molecule has 2 rings (SSSR count). The molecule has 0 aromatic carbocycles. The number of aliphatic imine (C=N–C) groups is 1. The number of guanidine groups is 1. The predicted octanol–water partition coefficient (Wildman–Crippen LogP) is 2.50. The molecule has 5 nitrogen and oxygen atoms in total. The second kappa shape index (κ2) is 7.22. The van der Waals surface area contributed by atoms with Crippen molar-refractivity contribution in [3.63, 3.8) is 0 Å². The first-order valence-corrected chi connectivity index (χ1v) is 8.37. The third-order valence-electron chi connectivity index (χ3n) is 3.35. The molecule has 0 radical (unpaired) electrons. The molecule has 6 heteroatoms. The molecule has 1 aromatic heterocycles. The topological polar surface area (TPSA) is 49.8 Å². The van der Waals surface area contributed by atoms with Gasteiger partial charge in [0.1, 0.15) is 5.01 Å². The van der Waals surface area contributed by atoms with Crippen molar-refractivity contribution in [2.75, 3.05) is 20.1 Å². The van der Waals surface area contributed by atoms with Gasteiger partial charge < -0.3 is 15.0 Å². The number of hydrogen-bond donors (Lipinski definition) is 1. The lowest BCUT2D eigenvalue weighted by molar-refractivity contribution is -0.0772. The molecule has 0 bridgehead atoms. The molecule has 1 N–H and O–H groups in total. The van der Waals surface area contributed by atoms with Crippen molar-refractivity contribution in [3.05, 3.63) is 16.6 Å². The van der Waals surface area contributed by atoms with Crippen molar-refractivity contribution in [2.45, 2.75) is 51.9 Å². The fourth-order valence-corrected chi connectivity index (χ4v) is 3.07. The fraction of sp³-hybridized carbons (Fsp3) is 0.733. The number of aromatic nitrogens is 1. The van der Waals surface area contributed by atoms with Crippen molar-refractivity contribution in [1.82, 2.24) is 15.2 Å². The standard InChI is InChI=1S/C15H26N4OS/c1-15(2,3)20-12-5-8-19(9-6-12)14(16-4)18-11-13-17-7-10-21-13/h7,10,12H,5-6,8-9,11H2,1-4H3,(H,16,18). The molecule has 21 heavy (non-hydrogen) atoms. The lowest BCUT2D eigenvalue weighted by Gasteiger charge is -2.36. The van der Waals surface area contributed by atoms with E-state index in [4.69, 9.17) is 4.74 Å². The summed E-state index contributed by atoms with van der Waals surface area (Å²) >= 11 is 1.66. The molecule has 1 saturated heterocycles. The van der Waals surface area contributed by atoms with Crippen LogP contribution in [0.4, 0.5) is 0 Å². The third kappa shape index (κ3) is 5.28. The number of rotatable bonds is 3. The second-order valence-corrected chi connectivity index (χ2v) is 7.22. The van der Waals surface area contributed by atoms with Gasteiger partial charge >= 0.3 is 0 Å². The maximum Gasteiger partial charge on any atom is 0.193 e. The maximum atomic E-state index is 6.06. The Balaban J connectivity index is 1.79. The van der Waals surface area contributed by atoms with Gasteiger partial charge in [-0.05, 0) is 33.6 Å². The Morgan fingerprint density at radius 1 is 1.48 bits per heavy atom. The van der Waals surface area contributed by atoms with Crippen molar-refractivity contribution >= 4 is 17.3 Å². The summed E-state index contributed by atoms with van der Waals surface area (Å²) in [5.41, 5.74) is -0.0579. The number of piperidine rings is 1. The minimum Gasteiger partial charge on any atom is -0.372 e. The van der Waals surface area contributed by atoms with Gasteiger partial charge in [0.15, 0.2) is 5.96 Å². The molecule has 0 atom stereocenters. The van der Waals surface area contributed by atoms with E-state index in [1.165, 1.54) is 0 Å². The fourth-order valence-electron chi connectivity index (χ4n) is 2.51. The van der Waals surface area contributed by atoms with Crippen LogP contribution in [-0.2, 0) is 11.3 Å². The van der Waals surface area contributed by atoms with Gasteiger partial charge in [-0.2, -0.15) is 0 Å². The minimum atomic E-state index is -0.0579. The summed E-state index contributed by atoms with van der Waals surface area (Å²) in [7, 11) is 1.84. The Morgan fingerprint density at radius 3 is 2.71 bits per heavy atom. The highest BCUT2D eigenvalue weighted by molar-refractivity contribution is 7.09. The highest BCUT2D eigenvalue weighted by atomic mass is 32.1. The average molecular weight is 310 g/mol. The van der Waals surface area contributed by atoms with Crippen molar-refractivity contribution in [1.29, 1.82) is 0 Å². The van der Waals surface area contributed by atoms with E-state index in [9.17, 15) is 0 Å². The predicted molar refractivity (Wildman–Crippen MR) is 87.7 cm³/mol. The van der Waals surface area contributed by atoms with E-state index in [-0.39, 0.29) is 5.60 Å². The molecular formula is C15H26N4OS.